The van der Waals surface area contributed by atoms with Crippen LogP contribution in [-0.2, 0) is 36.6 Å². The van der Waals surface area contributed by atoms with E-state index in [0.29, 0.717) is 58.2 Å². The Kier molecular flexibility index (Phi) is 15.5. The summed E-state index contributed by atoms with van der Waals surface area (Å²) in [5.74, 6) is -0.0461. The number of fused-ring (bicyclic) bond motifs is 1. The number of aryl methyl sites for hydroxylation is 2. The fourth-order valence-corrected chi connectivity index (χ4v) is 5.59. The Morgan fingerprint density at radius 3 is 2.60 bits per heavy atom. The van der Waals surface area contributed by atoms with Gasteiger partial charge >= 0.3 is 12.0 Å². The third-order valence-corrected chi connectivity index (χ3v) is 7.95. The number of nitrogens with zero attached hydrogens (tertiary/aromatic N) is 6. The number of azide groups is 1. The molecule has 2 aliphatic rings. The van der Waals surface area contributed by atoms with Gasteiger partial charge in [0.25, 0.3) is 0 Å². The lowest BCUT2D eigenvalue weighted by atomic mass is 10.0. The molecule has 1 N–H and O–H groups in total. The van der Waals surface area contributed by atoms with Crippen molar-refractivity contribution in [2.45, 2.75) is 45.1 Å². The lowest BCUT2D eigenvalue weighted by Gasteiger charge is -2.28. The molecule has 1 aromatic heterocycles. The molecular weight excluding hydrogens is 625 g/mol. The van der Waals surface area contributed by atoms with E-state index >= 15 is 4.39 Å². The third-order valence-electron chi connectivity index (χ3n) is 7.95. The van der Waals surface area contributed by atoms with Crippen LogP contribution in [0.4, 0.5) is 15.0 Å². The first-order chi connectivity index (χ1) is 23.5. The van der Waals surface area contributed by atoms with Crippen LogP contribution in [0.15, 0.2) is 35.4 Å². The fraction of sp³-hybridized carbons (Fsp3) is 0.606. The minimum atomic E-state index is -0.682. The molecular formula is C33H46FN7O7. The predicted octanol–water partition coefficient (Wildman–Crippen LogP) is 4.68. The second-order valence-electron chi connectivity index (χ2n) is 11.3. The molecule has 0 unspecified atom stereocenters. The van der Waals surface area contributed by atoms with Crippen molar-refractivity contribution in [2.24, 2.45) is 5.11 Å². The largest absolute Gasteiger partial charge is 0.488 e. The number of halogens is 1. The molecule has 262 valence electrons. The van der Waals surface area contributed by atoms with Crippen LogP contribution in [0.25, 0.3) is 10.4 Å². The molecule has 1 saturated heterocycles. The molecule has 2 amide bonds. The highest BCUT2D eigenvalue weighted by Crippen LogP contribution is 2.32. The average molecular weight is 672 g/mol. The Morgan fingerprint density at radius 1 is 1.08 bits per heavy atom. The number of benzene rings is 1. The van der Waals surface area contributed by atoms with Crippen LogP contribution in [0.3, 0.4) is 0 Å². The summed E-state index contributed by atoms with van der Waals surface area (Å²) in [5.41, 5.74) is 10.9. The Bertz CT molecular complexity index is 1380. The number of hydrogen-bond acceptors (Lipinski definition) is 10. The number of nitrogens with one attached hydrogen (secondary N) is 1. The van der Waals surface area contributed by atoms with E-state index in [1.807, 2.05) is 0 Å². The smallest absolute Gasteiger partial charge is 0.320 e. The van der Waals surface area contributed by atoms with E-state index < -0.39 is 17.8 Å². The van der Waals surface area contributed by atoms with Crippen molar-refractivity contribution in [2.75, 3.05) is 90.9 Å². The monoisotopic (exact) mass is 671 g/mol. The molecule has 4 rings (SSSR count). The summed E-state index contributed by atoms with van der Waals surface area (Å²) in [6, 6.07) is 7.82. The van der Waals surface area contributed by atoms with Crippen LogP contribution in [0, 0.1) is 5.82 Å². The van der Waals surface area contributed by atoms with Crippen molar-refractivity contribution >= 4 is 17.8 Å². The molecule has 15 heteroatoms. The van der Waals surface area contributed by atoms with E-state index in [1.165, 1.54) is 17.7 Å². The number of aromatic nitrogens is 1. The topological polar surface area (TPSA) is 160 Å². The standard InChI is InChI=1S/C33H46FN7O7/c1-2-47-31(42)24-29(41-15-14-40(33(41)43)13-4-6-27-9-7-25-5-3-11-36-32(25)38-27)26-8-10-30(28(34)23-26)48-22-21-46-20-19-45-18-17-44-16-12-37-39-35/h7-10,23,29H,2-6,11-22,24H2,1H3,(H,36,38)/t29-/m0/s1. The van der Waals surface area contributed by atoms with E-state index in [1.54, 1.807) is 22.8 Å². The van der Waals surface area contributed by atoms with E-state index in [0.717, 1.165) is 43.7 Å². The molecule has 0 spiro atoms. The van der Waals surface area contributed by atoms with Crippen molar-refractivity contribution in [1.82, 2.24) is 14.8 Å². The molecule has 1 atom stereocenters. The number of urea groups is 1. The van der Waals surface area contributed by atoms with E-state index in [9.17, 15) is 9.59 Å². The average Bonchev–Trinajstić information content (AvgIpc) is 3.45. The number of pyridine rings is 1. The van der Waals surface area contributed by atoms with Gasteiger partial charge in [-0.3, -0.25) is 4.79 Å². The van der Waals surface area contributed by atoms with Crippen molar-refractivity contribution < 1.29 is 37.7 Å². The molecule has 0 radical (unpaired) electrons. The van der Waals surface area contributed by atoms with Crippen LogP contribution in [-0.4, -0.2) is 112 Å². The van der Waals surface area contributed by atoms with E-state index in [-0.39, 0.29) is 44.6 Å². The van der Waals surface area contributed by atoms with Gasteiger partial charge in [0.05, 0.1) is 58.7 Å². The number of amides is 2. The van der Waals surface area contributed by atoms with Crippen LogP contribution in [0.1, 0.15) is 49.0 Å². The minimum Gasteiger partial charge on any atom is -0.488 e. The Hall–Kier alpha value is -4.17. The second-order valence-corrected chi connectivity index (χ2v) is 11.3. The number of hydrogen-bond donors (Lipinski definition) is 1. The van der Waals surface area contributed by atoms with Gasteiger partial charge in [0.2, 0.25) is 0 Å². The second kappa shape index (κ2) is 20.3. The van der Waals surface area contributed by atoms with Crippen molar-refractivity contribution in [1.29, 1.82) is 0 Å². The maximum atomic E-state index is 15.2. The summed E-state index contributed by atoms with van der Waals surface area (Å²) in [7, 11) is 0. The molecule has 1 fully saturated rings. The zero-order valence-corrected chi connectivity index (χ0v) is 27.6. The number of rotatable bonds is 22. The lowest BCUT2D eigenvalue weighted by molar-refractivity contribution is -0.144. The van der Waals surface area contributed by atoms with Gasteiger partial charge < -0.3 is 38.8 Å². The molecule has 0 saturated carbocycles. The first kappa shape index (κ1) is 36.7. The van der Waals surface area contributed by atoms with Gasteiger partial charge in [-0.15, -0.1) is 0 Å². The number of carbonyl (C=O) groups is 2. The van der Waals surface area contributed by atoms with Crippen LogP contribution in [0.5, 0.6) is 5.75 Å². The zero-order valence-electron chi connectivity index (χ0n) is 27.6. The first-order valence-electron chi connectivity index (χ1n) is 16.6. The van der Waals surface area contributed by atoms with Gasteiger partial charge in [0.15, 0.2) is 11.6 Å². The highest BCUT2D eigenvalue weighted by Gasteiger charge is 2.36. The van der Waals surface area contributed by atoms with Gasteiger partial charge in [-0.1, -0.05) is 17.2 Å². The van der Waals surface area contributed by atoms with Crippen molar-refractivity contribution in [3.8, 4) is 5.75 Å². The van der Waals surface area contributed by atoms with E-state index in [2.05, 4.69) is 27.5 Å². The highest BCUT2D eigenvalue weighted by molar-refractivity contribution is 5.78. The fourth-order valence-electron chi connectivity index (χ4n) is 5.59. The number of anilines is 1. The quantitative estimate of drug-likeness (QED) is 0.0616. The summed E-state index contributed by atoms with van der Waals surface area (Å²) < 4.78 is 42.0. The molecule has 48 heavy (non-hydrogen) atoms. The molecule has 0 bridgehead atoms. The minimum absolute atomic E-state index is 0.0479. The predicted molar refractivity (Wildman–Crippen MR) is 175 cm³/mol. The summed E-state index contributed by atoms with van der Waals surface area (Å²) in [6.07, 6.45) is 3.56. The maximum absolute atomic E-state index is 15.2. The van der Waals surface area contributed by atoms with Crippen LogP contribution >= 0.6 is 0 Å². The van der Waals surface area contributed by atoms with Crippen molar-refractivity contribution in [3.63, 3.8) is 0 Å². The normalized spacial score (nSPS) is 14.7. The molecule has 3 heterocycles. The number of esters is 1. The molecule has 1 aromatic carbocycles. The summed E-state index contributed by atoms with van der Waals surface area (Å²) >= 11 is 0. The summed E-state index contributed by atoms with van der Waals surface area (Å²) in [5, 5.41) is 6.73. The Balaban J connectivity index is 1.23. The number of carbonyl (C=O) groups excluding carboxylic acids is 2. The Morgan fingerprint density at radius 2 is 1.85 bits per heavy atom. The SMILES string of the molecule is CCOC(=O)C[C@@H](c1ccc(OCCOCCOCCOCCN=[N+]=[N-])c(F)c1)N1CCN(CCCc2ccc3c(n2)NCCC3)C1=O. The van der Waals surface area contributed by atoms with Crippen LogP contribution < -0.4 is 10.1 Å². The van der Waals surface area contributed by atoms with Gasteiger partial charge in [0, 0.05) is 43.3 Å². The third kappa shape index (κ3) is 11.5. The van der Waals surface area contributed by atoms with Gasteiger partial charge in [-0.05, 0) is 67.5 Å². The van der Waals surface area contributed by atoms with Gasteiger partial charge in [0.1, 0.15) is 12.4 Å². The molecule has 2 aromatic rings. The molecule has 0 aliphatic carbocycles. The molecule has 14 nitrogen and oxygen atoms in total. The maximum Gasteiger partial charge on any atom is 0.320 e. The number of ether oxygens (including phenoxy) is 5. The zero-order chi connectivity index (χ0) is 34.0. The summed E-state index contributed by atoms with van der Waals surface area (Å²) in [6.45, 7) is 6.79. The first-order valence-corrected chi connectivity index (χ1v) is 16.6. The molecule has 2 aliphatic heterocycles. The van der Waals surface area contributed by atoms with Gasteiger partial charge in [-0.25, -0.2) is 14.2 Å². The summed E-state index contributed by atoms with van der Waals surface area (Å²) in [4.78, 5) is 36.9. The van der Waals surface area contributed by atoms with Crippen molar-refractivity contribution in [3.05, 3.63) is 63.4 Å². The lowest BCUT2D eigenvalue weighted by Crippen LogP contribution is -2.36. The highest BCUT2D eigenvalue weighted by atomic mass is 19.1. The van der Waals surface area contributed by atoms with Crippen LogP contribution in [0.2, 0.25) is 0 Å². The Labute approximate surface area is 280 Å². The van der Waals surface area contributed by atoms with Gasteiger partial charge in [-0.2, -0.15) is 0 Å². The van der Waals surface area contributed by atoms with E-state index in [4.69, 9.17) is 34.2 Å².